The molecule has 0 saturated carbocycles. The number of alkyl carbamates (subject to hydrolysis) is 2. The molecule has 0 aliphatic rings. The Labute approximate surface area is 373 Å². The van der Waals surface area contributed by atoms with E-state index < -0.39 is 46.2 Å². The van der Waals surface area contributed by atoms with E-state index >= 15 is 0 Å². The zero-order chi connectivity index (χ0) is 44.5. The second-order valence-corrected chi connectivity index (χ2v) is 16.9. The van der Waals surface area contributed by atoms with Gasteiger partial charge in [0.1, 0.15) is 25.3 Å². The topological polar surface area (TPSA) is 229 Å². The van der Waals surface area contributed by atoms with Crippen LogP contribution >= 0.6 is 31.9 Å². The van der Waals surface area contributed by atoms with Crippen LogP contribution in [-0.4, -0.2) is 75.9 Å². The summed E-state index contributed by atoms with van der Waals surface area (Å²) in [7, 11) is -3.81. The molecule has 2 aromatic heterocycles. The Morgan fingerprint density at radius 1 is 0.581 bits per heavy atom. The van der Waals surface area contributed by atoms with Crippen molar-refractivity contribution in [3.8, 4) is 22.8 Å². The predicted octanol–water partition coefficient (Wildman–Crippen LogP) is 6.65. The summed E-state index contributed by atoms with van der Waals surface area (Å²) in [6.07, 6.45) is 5.99. The Morgan fingerprint density at radius 3 is 1.32 bits per heavy atom. The number of carbonyl (C=O) groups excluding carboxylic acids is 3. The highest BCUT2D eigenvalue weighted by atomic mass is 79.9. The van der Waals surface area contributed by atoms with Crippen molar-refractivity contribution in [1.29, 1.82) is 0 Å². The van der Waals surface area contributed by atoms with Gasteiger partial charge in [-0.15, -0.1) is 0 Å². The zero-order valence-corrected chi connectivity index (χ0v) is 36.8. The van der Waals surface area contributed by atoms with Crippen molar-refractivity contribution in [2.75, 3.05) is 6.26 Å². The molecule has 0 fully saturated rings. The Morgan fingerprint density at radius 2 is 0.952 bits per heavy atom. The first kappa shape index (κ1) is 46.5. The molecular formula is C43H39Br2N7O9S. The van der Waals surface area contributed by atoms with Crippen LogP contribution in [0.5, 0.6) is 0 Å². The minimum Gasteiger partial charge on any atom is -0.480 e. The van der Waals surface area contributed by atoms with E-state index in [0.717, 1.165) is 43.0 Å². The first-order valence-corrected chi connectivity index (χ1v) is 22.0. The number of ether oxygens (including phenoxy) is 2. The van der Waals surface area contributed by atoms with E-state index in [1.807, 2.05) is 65.4 Å². The van der Waals surface area contributed by atoms with Crippen LogP contribution in [0.4, 0.5) is 9.59 Å². The van der Waals surface area contributed by atoms with E-state index in [9.17, 15) is 32.7 Å². The van der Waals surface area contributed by atoms with Crippen molar-refractivity contribution < 1.29 is 42.2 Å². The van der Waals surface area contributed by atoms with Crippen LogP contribution in [0.2, 0.25) is 0 Å². The molecule has 6 aromatic rings. The van der Waals surface area contributed by atoms with Crippen molar-refractivity contribution in [3.05, 3.63) is 165 Å². The number of benzene rings is 4. The van der Waals surface area contributed by atoms with Crippen LogP contribution in [0.15, 0.2) is 143 Å². The summed E-state index contributed by atoms with van der Waals surface area (Å²) in [6, 6.07) is 30.2. The van der Waals surface area contributed by atoms with Crippen LogP contribution < -0.4 is 15.4 Å². The minimum absolute atomic E-state index is 0.00890. The summed E-state index contributed by atoms with van der Waals surface area (Å²) in [4.78, 5) is 65.2. The molecular weight excluding hydrogens is 950 g/mol. The third-order valence-electron chi connectivity index (χ3n) is 8.45. The highest BCUT2D eigenvalue weighted by molar-refractivity contribution is 9.10. The average molecular weight is 990 g/mol. The third-order valence-corrected chi connectivity index (χ3v) is 9.85. The Balaban J connectivity index is 0.000000236. The van der Waals surface area contributed by atoms with E-state index in [4.69, 9.17) is 9.47 Å². The molecule has 19 heteroatoms. The molecule has 0 bridgehead atoms. The van der Waals surface area contributed by atoms with Crippen molar-refractivity contribution in [2.24, 2.45) is 0 Å². The number of carboxylic acid groups (broad SMARTS) is 1. The Kier molecular flexibility index (Phi) is 17.1. The molecule has 0 radical (unpaired) electrons. The van der Waals surface area contributed by atoms with Gasteiger partial charge in [-0.25, -0.2) is 42.7 Å². The van der Waals surface area contributed by atoms with Gasteiger partial charge in [0.05, 0.1) is 15.2 Å². The summed E-state index contributed by atoms with van der Waals surface area (Å²) in [5.74, 6) is -0.910. The van der Waals surface area contributed by atoms with Gasteiger partial charge in [0.25, 0.3) is 5.91 Å². The lowest BCUT2D eigenvalue weighted by molar-refractivity contribution is -0.139. The highest BCUT2D eigenvalue weighted by Gasteiger charge is 2.25. The first-order chi connectivity index (χ1) is 29.7. The van der Waals surface area contributed by atoms with Gasteiger partial charge < -0.3 is 25.2 Å². The van der Waals surface area contributed by atoms with E-state index in [-0.39, 0.29) is 26.1 Å². The van der Waals surface area contributed by atoms with E-state index in [0.29, 0.717) is 17.2 Å². The van der Waals surface area contributed by atoms with Crippen LogP contribution in [0.1, 0.15) is 22.3 Å². The summed E-state index contributed by atoms with van der Waals surface area (Å²) >= 11 is 6.57. The van der Waals surface area contributed by atoms with Crippen LogP contribution in [0, 0.1) is 0 Å². The maximum Gasteiger partial charge on any atom is 0.408 e. The number of aliphatic carboxylic acids is 1. The maximum atomic E-state index is 12.5. The second kappa shape index (κ2) is 22.9. The number of rotatable bonds is 15. The fraction of sp³-hybridized carbons (Fsp3) is 0.163. The number of aromatic nitrogens is 4. The number of hydrogen-bond donors (Lipinski definition) is 4. The molecule has 2 atom stereocenters. The molecule has 2 heterocycles. The number of nitrogens with zero attached hydrogens (tertiary/aromatic N) is 4. The van der Waals surface area contributed by atoms with Gasteiger partial charge in [-0.3, -0.25) is 9.52 Å². The smallest absolute Gasteiger partial charge is 0.408 e. The predicted molar refractivity (Wildman–Crippen MR) is 235 cm³/mol. The van der Waals surface area contributed by atoms with Crippen molar-refractivity contribution in [1.82, 2.24) is 35.3 Å². The number of hydrogen-bond acceptors (Lipinski definition) is 12. The number of carbonyl (C=O) groups is 4. The summed E-state index contributed by atoms with van der Waals surface area (Å²) < 4.78 is 36.8. The Bertz CT molecular complexity index is 2520. The largest absolute Gasteiger partial charge is 0.480 e. The fourth-order valence-electron chi connectivity index (χ4n) is 5.45. The van der Waals surface area contributed by atoms with Crippen molar-refractivity contribution in [2.45, 2.75) is 38.1 Å². The molecule has 320 valence electrons. The highest BCUT2D eigenvalue weighted by Crippen LogP contribution is 2.19. The number of halogens is 2. The molecule has 0 saturated heterocycles. The molecule has 4 N–H and O–H groups in total. The van der Waals surface area contributed by atoms with Gasteiger partial charge in [0, 0.05) is 48.8 Å². The monoisotopic (exact) mass is 987 g/mol. The van der Waals surface area contributed by atoms with Gasteiger partial charge in [0.2, 0.25) is 10.0 Å². The molecule has 6 rings (SSSR count). The lowest BCUT2D eigenvalue weighted by Gasteiger charge is -2.18. The van der Waals surface area contributed by atoms with Crippen molar-refractivity contribution >= 4 is 65.9 Å². The van der Waals surface area contributed by atoms with Gasteiger partial charge in [-0.05, 0) is 54.1 Å². The van der Waals surface area contributed by atoms with Gasteiger partial charge >= 0.3 is 18.2 Å². The molecule has 0 aliphatic heterocycles. The lowest BCUT2D eigenvalue weighted by atomic mass is 10.0. The van der Waals surface area contributed by atoms with Gasteiger partial charge in [0.15, 0.2) is 11.6 Å². The SMILES string of the molecule is CS(=O)(=O)NC(=O)[C@H](Cc1ccc(-c2ncc(Br)cn2)cc1)NC(=O)OCc1ccccc1.O=C(N[C@@H](Cc1ccc(-c2ncc(Br)cn2)cc1)C(=O)O)OCc1ccccc1. The molecule has 3 amide bonds. The van der Waals surface area contributed by atoms with E-state index in [2.05, 4.69) is 62.4 Å². The quantitative estimate of drug-likeness (QED) is 0.0846. The van der Waals surface area contributed by atoms with E-state index in [1.165, 1.54) is 0 Å². The number of carboxylic acids is 1. The number of sulfonamides is 1. The fourth-order valence-corrected chi connectivity index (χ4v) is 6.37. The molecule has 0 aliphatic carbocycles. The van der Waals surface area contributed by atoms with Gasteiger partial charge in [-0.1, -0.05) is 109 Å². The van der Waals surface area contributed by atoms with Crippen LogP contribution in [0.25, 0.3) is 22.8 Å². The van der Waals surface area contributed by atoms with Crippen molar-refractivity contribution in [3.63, 3.8) is 0 Å². The van der Waals surface area contributed by atoms with E-state index in [1.54, 1.807) is 73.3 Å². The van der Waals surface area contributed by atoms with Crippen LogP contribution in [-0.2, 0) is 55.1 Å². The maximum absolute atomic E-state index is 12.5. The first-order valence-electron chi connectivity index (χ1n) is 18.5. The summed E-state index contributed by atoms with van der Waals surface area (Å²) in [5.41, 5.74) is 4.60. The minimum atomic E-state index is -3.81. The molecule has 4 aromatic carbocycles. The number of amides is 3. The standard InChI is InChI=1S/C22H21BrN4O5S.C21H18BrN3O4/c1-33(30,31)27-21(28)19(26-22(29)32-14-16-5-3-2-4-6-16)11-15-7-9-17(10-8-15)20-24-12-18(23)13-25-20;22-17-11-23-19(24-12-17)16-8-6-14(7-9-16)10-18(20(26)27)25-21(28)29-13-15-4-2-1-3-5-15/h2-10,12-13,19H,11,14H2,1H3,(H,26,29)(H,27,28);1-9,11-12,18H,10,13H2,(H,25,28)(H,26,27)/t19-;18-/m00/s1. The molecule has 0 spiro atoms. The number of nitrogens with one attached hydrogen (secondary N) is 3. The average Bonchev–Trinajstić information content (AvgIpc) is 3.26. The normalized spacial score (nSPS) is 11.7. The summed E-state index contributed by atoms with van der Waals surface area (Å²) in [6.45, 7) is 0.0792. The van der Waals surface area contributed by atoms with Gasteiger partial charge in [-0.2, -0.15) is 0 Å². The Hall–Kier alpha value is -6.57. The molecule has 16 nitrogen and oxygen atoms in total. The molecule has 62 heavy (non-hydrogen) atoms. The lowest BCUT2D eigenvalue weighted by Crippen LogP contribution is -2.49. The van der Waals surface area contributed by atoms with Crippen LogP contribution in [0.3, 0.4) is 0 Å². The zero-order valence-electron chi connectivity index (χ0n) is 32.9. The molecule has 0 unspecified atom stereocenters. The summed E-state index contributed by atoms with van der Waals surface area (Å²) in [5, 5.41) is 14.3. The second-order valence-electron chi connectivity index (χ2n) is 13.3. The third kappa shape index (κ3) is 15.8.